The number of hydrogen-bond donors (Lipinski definition) is 1. The number of hydrogen-bond acceptors (Lipinski definition) is 5. The Hall–Kier alpha value is -1.63. The number of aliphatic hydroxyl groups is 1. The predicted octanol–water partition coefficient (Wildman–Crippen LogP) is 2.11. The van der Waals surface area contributed by atoms with E-state index in [1.165, 1.54) is 4.90 Å². The van der Waals surface area contributed by atoms with E-state index in [4.69, 9.17) is 16.3 Å². The Morgan fingerprint density at radius 1 is 1.31 bits per heavy atom. The summed E-state index contributed by atoms with van der Waals surface area (Å²) < 4.78 is 4.86. The maximum absolute atomic E-state index is 12.2. The zero-order valence-electron chi connectivity index (χ0n) is 15.4. The Labute approximate surface area is 159 Å². The van der Waals surface area contributed by atoms with Crippen molar-refractivity contribution in [2.75, 3.05) is 39.8 Å². The summed E-state index contributed by atoms with van der Waals surface area (Å²) >= 11 is 5.89. The molecule has 0 aliphatic carbocycles. The molecule has 1 unspecified atom stereocenters. The van der Waals surface area contributed by atoms with Gasteiger partial charge in [-0.2, -0.15) is 0 Å². The van der Waals surface area contributed by atoms with Crippen LogP contribution < -0.4 is 0 Å². The van der Waals surface area contributed by atoms with Crippen molar-refractivity contribution in [2.45, 2.75) is 25.9 Å². The first kappa shape index (κ1) is 20.7. The van der Waals surface area contributed by atoms with Crippen molar-refractivity contribution >= 4 is 23.5 Å². The van der Waals surface area contributed by atoms with Crippen LogP contribution in [-0.2, 0) is 14.3 Å². The molecule has 26 heavy (non-hydrogen) atoms. The van der Waals surface area contributed by atoms with Gasteiger partial charge in [0, 0.05) is 12.1 Å². The van der Waals surface area contributed by atoms with Crippen LogP contribution in [0.3, 0.4) is 0 Å². The highest BCUT2D eigenvalue weighted by Crippen LogP contribution is 2.31. The Morgan fingerprint density at radius 3 is 2.50 bits per heavy atom. The van der Waals surface area contributed by atoms with Gasteiger partial charge >= 0.3 is 5.97 Å². The van der Waals surface area contributed by atoms with Crippen molar-refractivity contribution in [3.63, 3.8) is 0 Å². The van der Waals surface area contributed by atoms with Gasteiger partial charge in [-0.1, -0.05) is 23.7 Å². The minimum absolute atomic E-state index is 0.0293. The van der Waals surface area contributed by atoms with Gasteiger partial charge in [-0.25, -0.2) is 0 Å². The van der Waals surface area contributed by atoms with Crippen LogP contribution in [0.4, 0.5) is 0 Å². The number of esters is 1. The number of likely N-dealkylation sites (N-methyl/N-ethyl adjacent to an activating group) is 1. The van der Waals surface area contributed by atoms with Crippen LogP contribution in [0.15, 0.2) is 24.3 Å². The first-order valence-corrected chi connectivity index (χ1v) is 9.34. The van der Waals surface area contributed by atoms with E-state index in [2.05, 4.69) is 4.90 Å². The van der Waals surface area contributed by atoms with Gasteiger partial charge in [-0.3, -0.25) is 14.5 Å². The van der Waals surface area contributed by atoms with Crippen LogP contribution in [0.25, 0.3) is 0 Å². The number of aliphatic hydroxyl groups excluding tert-OH is 1. The van der Waals surface area contributed by atoms with Gasteiger partial charge in [0.05, 0.1) is 19.3 Å². The third-order valence-corrected chi connectivity index (χ3v) is 5.00. The lowest BCUT2D eigenvalue weighted by atomic mass is 9.87. The van der Waals surface area contributed by atoms with Crippen LogP contribution in [0.5, 0.6) is 0 Å². The molecule has 1 saturated heterocycles. The first-order chi connectivity index (χ1) is 12.4. The molecule has 1 aromatic carbocycles. The standard InChI is InChI=1S/C19H27ClN2O4/c1-3-26-18(24)13-21(2)17(23)12-22-10-8-15(9-11-22)19(25)14-4-6-16(20)7-5-14/h4-7,15,19,25H,3,8-13H2,1-2H3. The zero-order chi connectivity index (χ0) is 19.1. The number of carbonyl (C=O) groups is 2. The minimum Gasteiger partial charge on any atom is -0.465 e. The average Bonchev–Trinajstić information content (AvgIpc) is 2.62. The van der Waals surface area contributed by atoms with Crippen LogP contribution in [0, 0.1) is 5.92 Å². The second-order valence-corrected chi connectivity index (χ2v) is 7.10. The highest BCUT2D eigenvalue weighted by Gasteiger charge is 2.27. The topological polar surface area (TPSA) is 70.1 Å². The fourth-order valence-corrected chi connectivity index (χ4v) is 3.29. The molecular formula is C19H27ClN2O4. The monoisotopic (exact) mass is 382 g/mol. The second-order valence-electron chi connectivity index (χ2n) is 6.66. The van der Waals surface area contributed by atoms with Crippen molar-refractivity contribution in [3.8, 4) is 0 Å². The molecule has 0 spiro atoms. The summed E-state index contributed by atoms with van der Waals surface area (Å²) in [6.07, 6.45) is 1.12. The lowest BCUT2D eigenvalue weighted by Crippen LogP contribution is -2.44. The third-order valence-electron chi connectivity index (χ3n) is 4.75. The molecule has 144 valence electrons. The third kappa shape index (κ3) is 5.97. The number of carbonyl (C=O) groups excluding carboxylic acids is 2. The number of piperidine rings is 1. The van der Waals surface area contributed by atoms with Crippen LogP contribution in [-0.4, -0.2) is 66.6 Å². The maximum atomic E-state index is 12.2. The summed E-state index contributed by atoms with van der Waals surface area (Å²) in [5.41, 5.74) is 0.873. The molecule has 1 fully saturated rings. The van der Waals surface area contributed by atoms with Crippen molar-refractivity contribution in [1.29, 1.82) is 0 Å². The Balaban J connectivity index is 1.78. The summed E-state index contributed by atoms with van der Waals surface area (Å²) in [7, 11) is 1.61. The largest absolute Gasteiger partial charge is 0.465 e. The molecule has 1 heterocycles. The van der Waals surface area contributed by atoms with Crippen molar-refractivity contribution in [1.82, 2.24) is 9.80 Å². The first-order valence-electron chi connectivity index (χ1n) is 8.96. The number of rotatable bonds is 7. The van der Waals surface area contributed by atoms with Gasteiger partial charge in [-0.15, -0.1) is 0 Å². The summed E-state index contributed by atoms with van der Waals surface area (Å²) in [5.74, 6) is -0.331. The fraction of sp³-hybridized carbons (Fsp3) is 0.579. The Morgan fingerprint density at radius 2 is 1.92 bits per heavy atom. The normalized spacial score (nSPS) is 16.9. The molecule has 0 aromatic heterocycles. The minimum atomic E-state index is -0.517. The molecule has 1 aromatic rings. The van der Waals surface area contributed by atoms with E-state index >= 15 is 0 Å². The molecule has 1 amide bonds. The molecule has 1 N–H and O–H groups in total. The van der Waals surface area contributed by atoms with E-state index in [0.717, 1.165) is 31.5 Å². The van der Waals surface area contributed by atoms with Crippen molar-refractivity contribution < 1.29 is 19.4 Å². The van der Waals surface area contributed by atoms with Crippen LogP contribution in [0.2, 0.25) is 5.02 Å². The van der Waals surface area contributed by atoms with Gasteiger partial charge in [0.25, 0.3) is 0 Å². The van der Waals surface area contributed by atoms with Crippen LogP contribution in [0.1, 0.15) is 31.4 Å². The van der Waals surface area contributed by atoms with Gasteiger partial charge in [0.2, 0.25) is 5.91 Å². The SMILES string of the molecule is CCOC(=O)CN(C)C(=O)CN1CCC(C(O)c2ccc(Cl)cc2)CC1. The van der Waals surface area contributed by atoms with E-state index < -0.39 is 12.1 Å². The molecule has 1 aliphatic rings. The zero-order valence-corrected chi connectivity index (χ0v) is 16.1. The smallest absolute Gasteiger partial charge is 0.325 e. The molecule has 2 rings (SSSR count). The lowest BCUT2D eigenvalue weighted by Gasteiger charge is -2.34. The van der Waals surface area contributed by atoms with E-state index in [1.54, 1.807) is 26.1 Å². The number of benzene rings is 1. The fourth-order valence-electron chi connectivity index (χ4n) is 3.16. The molecule has 0 radical (unpaired) electrons. The van der Waals surface area contributed by atoms with Crippen LogP contribution >= 0.6 is 11.6 Å². The van der Waals surface area contributed by atoms with Gasteiger partial charge < -0.3 is 14.7 Å². The summed E-state index contributed by atoms with van der Waals surface area (Å²) in [4.78, 5) is 27.2. The summed E-state index contributed by atoms with van der Waals surface area (Å²) in [6.45, 7) is 3.79. The highest BCUT2D eigenvalue weighted by molar-refractivity contribution is 6.30. The van der Waals surface area contributed by atoms with Crippen molar-refractivity contribution in [2.24, 2.45) is 5.92 Å². The number of nitrogens with zero attached hydrogens (tertiary/aromatic N) is 2. The number of amides is 1. The predicted molar refractivity (Wildman–Crippen MR) is 99.8 cm³/mol. The quantitative estimate of drug-likeness (QED) is 0.731. The number of likely N-dealkylation sites (tertiary alicyclic amines) is 1. The lowest BCUT2D eigenvalue weighted by molar-refractivity contribution is -0.148. The van der Waals surface area contributed by atoms with Gasteiger partial charge in [0.15, 0.2) is 0 Å². The van der Waals surface area contributed by atoms with E-state index in [-0.39, 0.29) is 24.9 Å². The molecule has 7 heteroatoms. The highest BCUT2D eigenvalue weighted by atomic mass is 35.5. The molecule has 1 aliphatic heterocycles. The second kappa shape index (κ2) is 9.90. The number of ether oxygens (including phenoxy) is 1. The molecule has 1 atom stereocenters. The Kier molecular flexibility index (Phi) is 7.87. The van der Waals surface area contributed by atoms with Gasteiger partial charge in [-0.05, 0) is 56.5 Å². The van der Waals surface area contributed by atoms with E-state index in [9.17, 15) is 14.7 Å². The van der Waals surface area contributed by atoms with E-state index in [0.29, 0.717) is 11.6 Å². The average molecular weight is 383 g/mol. The van der Waals surface area contributed by atoms with Gasteiger partial charge in [0.1, 0.15) is 6.54 Å². The molecule has 0 saturated carbocycles. The number of halogens is 1. The molecule has 0 bridgehead atoms. The van der Waals surface area contributed by atoms with Crippen molar-refractivity contribution in [3.05, 3.63) is 34.9 Å². The Bertz CT molecular complexity index is 600. The summed E-state index contributed by atoms with van der Waals surface area (Å²) in [5, 5.41) is 11.2. The summed E-state index contributed by atoms with van der Waals surface area (Å²) in [6, 6.07) is 7.28. The molecule has 6 nitrogen and oxygen atoms in total. The molecular weight excluding hydrogens is 356 g/mol. The van der Waals surface area contributed by atoms with E-state index in [1.807, 2.05) is 12.1 Å². The maximum Gasteiger partial charge on any atom is 0.325 e.